The second kappa shape index (κ2) is 5.21. The standard InChI is InChI=1S/C12H15Cl3O2Si/c1-3-6-12(2)16-8-9-7-10(18(13,14)15)4-5-11(9)17-12/h4-5,7H,3,6,8H2,1-2H3. The van der Waals surface area contributed by atoms with Gasteiger partial charge in [-0.25, -0.2) is 0 Å². The lowest BCUT2D eigenvalue weighted by Crippen LogP contribution is -2.39. The minimum atomic E-state index is -2.84. The summed E-state index contributed by atoms with van der Waals surface area (Å²) >= 11 is 18.0. The van der Waals surface area contributed by atoms with Gasteiger partial charge in [0.2, 0.25) is 5.79 Å². The van der Waals surface area contributed by atoms with E-state index in [9.17, 15) is 0 Å². The van der Waals surface area contributed by atoms with Crippen molar-refractivity contribution in [1.82, 2.24) is 0 Å². The SMILES string of the molecule is CCCC1(C)OCc2cc([Si](Cl)(Cl)Cl)ccc2O1. The van der Waals surface area contributed by atoms with Crippen molar-refractivity contribution in [2.24, 2.45) is 0 Å². The Bertz CT molecular complexity index is 447. The van der Waals surface area contributed by atoms with Crippen LogP contribution in [0, 0.1) is 0 Å². The number of hydrogen-bond donors (Lipinski definition) is 0. The lowest BCUT2D eigenvalue weighted by Gasteiger charge is -2.35. The van der Waals surface area contributed by atoms with E-state index in [2.05, 4.69) is 6.92 Å². The first-order chi connectivity index (χ1) is 8.34. The van der Waals surface area contributed by atoms with E-state index in [-0.39, 0.29) is 0 Å². The third kappa shape index (κ3) is 3.14. The molecule has 1 unspecified atom stereocenters. The molecule has 1 aliphatic heterocycles. The fourth-order valence-corrected chi connectivity index (χ4v) is 3.71. The highest BCUT2D eigenvalue weighted by Gasteiger charge is 2.34. The Labute approximate surface area is 122 Å². The van der Waals surface area contributed by atoms with E-state index in [1.165, 1.54) is 0 Å². The molecule has 1 atom stereocenters. The predicted molar refractivity (Wildman–Crippen MR) is 78.1 cm³/mol. The number of halogens is 3. The maximum absolute atomic E-state index is 5.99. The molecule has 0 spiro atoms. The average Bonchev–Trinajstić information content (AvgIpc) is 2.27. The first-order valence-corrected chi connectivity index (χ1v) is 10.9. The molecule has 0 saturated heterocycles. The van der Waals surface area contributed by atoms with Crippen molar-refractivity contribution in [3.8, 4) is 5.75 Å². The van der Waals surface area contributed by atoms with Crippen LogP contribution < -0.4 is 9.92 Å². The Morgan fingerprint density at radius 3 is 2.67 bits per heavy atom. The van der Waals surface area contributed by atoms with Crippen molar-refractivity contribution < 1.29 is 9.47 Å². The summed E-state index contributed by atoms with van der Waals surface area (Å²) in [6.07, 6.45) is 1.86. The minimum absolute atomic E-state index is 0.495. The number of rotatable bonds is 3. The Morgan fingerprint density at radius 2 is 2.06 bits per heavy atom. The first kappa shape index (κ1) is 14.5. The van der Waals surface area contributed by atoms with E-state index in [1.54, 1.807) is 0 Å². The molecular weight excluding hydrogens is 311 g/mol. The van der Waals surface area contributed by atoms with Crippen LogP contribution in [0.3, 0.4) is 0 Å². The topological polar surface area (TPSA) is 18.5 Å². The van der Waals surface area contributed by atoms with Crippen molar-refractivity contribution in [3.05, 3.63) is 23.8 Å². The quantitative estimate of drug-likeness (QED) is 0.618. The fourth-order valence-electron chi connectivity index (χ4n) is 2.04. The average molecular weight is 326 g/mol. The van der Waals surface area contributed by atoms with E-state index >= 15 is 0 Å². The molecule has 1 aromatic rings. The highest BCUT2D eigenvalue weighted by atomic mass is 35.8. The van der Waals surface area contributed by atoms with Gasteiger partial charge in [0.1, 0.15) is 5.75 Å². The molecule has 0 fully saturated rings. The summed E-state index contributed by atoms with van der Waals surface area (Å²) in [5, 5.41) is 0.762. The molecule has 1 heterocycles. The molecule has 0 bridgehead atoms. The summed E-state index contributed by atoms with van der Waals surface area (Å²) < 4.78 is 11.7. The molecule has 0 saturated carbocycles. The molecule has 0 N–H and O–H groups in total. The molecule has 0 aliphatic carbocycles. The van der Waals surface area contributed by atoms with Crippen LogP contribution in [0.5, 0.6) is 5.75 Å². The molecule has 2 nitrogen and oxygen atoms in total. The summed E-state index contributed by atoms with van der Waals surface area (Å²) in [7, 11) is 0. The summed E-state index contributed by atoms with van der Waals surface area (Å²) in [5.74, 6) is 0.282. The summed E-state index contributed by atoms with van der Waals surface area (Å²) in [4.78, 5) is 0. The zero-order chi connectivity index (χ0) is 13.4. The van der Waals surface area contributed by atoms with E-state index in [0.29, 0.717) is 6.61 Å². The molecule has 1 aromatic carbocycles. The second-order valence-corrected chi connectivity index (χ2v) is 13.0. The van der Waals surface area contributed by atoms with Gasteiger partial charge in [-0.05, 0) is 17.7 Å². The molecule has 2 rings (SSSR count). The predicted octanol–water partition coefficient (Wildman–Crippen LogP) is 3.97. The monoisotopic (exact) mass is 324 g/mol. The number of fused-ring (bicyclic) bond motifs is 1. The van der Waals surface area contributed by atoms with Crippen molar-refractivity contribution in [2.75, 3.05) is 0 Å². The van der Waals surface area contributed by atoms with E-state index in [1.807, 2.05) is 25.1 Å². The number of benzene rings is 1. The number of hydrogen-bond acceptors (Lipinski definition) is 2. The first-order valence-electron chi connectivity index (χ1n) is 5.87. The van der Waals surface area contributed by atoms with Gasteiger partial charge in [-0.15, -0.1) is 33.2 Å². The van der Waals surface area contributed by atoms with Crippen LogP contribution >= 0.6 is 33.2 Å². The van der Waals surface area contributed by atoms with E-state index < -0.39 is 11.8 Å². The van der Waals surface area contributed by atoms with E-state index in [4.69, 9.17) is 42.7 Å². The molecule has 0 radical (unpaired) electrons. The summed E-state index contributed by atoms with van der Waals surface area (Å²) in [6, 6.07) is 2.74. The lowest BCUT2D eigenvalue weighted by molar-refractivity contribution is -0.197. The van der Waals surface area contributed by atoms with Gasteiger partial charge in [0, 0.05) is 18.9 Å². The van der Waals surface area contributed by atoms with Crippen LogP contribution in [0.2, 0.25) is 0 Å². The van der Waals surface area contributed by atoms with Crippen LogP contribution in [0.25, 0.3) is 0 Å². The smallest absolute Gasteiger partial charge is 0.372 e. The van der Waals surface area contributed by atoms with Crippen molar-refractivity contribution in [2.45, 2.75) is 39.1 Å². The van der Waals surface area contributed by atoms with E-state index in [0.717, 1.165) is 29.3 Å². The molecule has 6 heteroatoms. The zero-order valence-corrected chi connectivity index (χ0v) is 13.6. The Hall–Kier alpha value is 0.0669. The Balaban J connectivity index is 2.26. The lowest BCUT2D eigenvalue weighted by atomic mass is 10.1. The largest absolute Gasteiger partial charge is 0.462 e. The van der Waals surface area contributed by atoms with Gasteiger partial charge in [0.25, 0.3) is 0 Å². The summed E-state index contributed by atoms with van der Waals surface area (Å²) in [6.45, 7) is 4.55. The highest BCUT2D eigenvalue weighted by Crippen LogP contribution is 2.34. The second-order valence-electron chi connectivity index (χ2n) is 4.59. The zero-order valence-electron chi connectivity index (χ0n) is 10.3. The maximum atomic E-state index is 5.99. The highest BCUT2D eigenvalue weighted by molar-refractivity contribution is 7.69. The van der Waals surface area contributed by atoms with Crippen molar-refractivity contribution >= 4 is 44.4 Å². The molecule has 18 heavy (non-hydrogen) atoms. The van der Waals surface area contributed by atoms with Crippen LogP contribution in [0.15, 0.2) is 18.2 Å². The molecule has 100 valence electrons. The normalized spacial score (nSPS) is 23.4. The molecule has 0 aromatic heterocycles. The van der Waals surface area contributed by atoms with Gasteiger partial charge in [-0.3, -0.25) is 0 Å². The van der Waals surface area contributed by atoms with Gasteiger partial charge in [0.05, 0.1) is 6.61 Å². The summed E-state index contributed by atoms with van der Waals surface area (Å²) in [5.41, 5.74) is 0.944. The van der Waals surface area contributed by atoms with Crippen LogP contribution in [0.1, 0.15) is 32.3 Å². The van der Waals surface area contributed by atoms with Crippen LogP contribution in [0.4, 0.5) is 0 Å². The van der Waals surface area contributed by atoms with Gasteiger partial charge in [-0.1, -0.05) is 19.1 Å². The molecule has 0 amide bonds. The maximum Gasteiger partial charge on any atom is 0.372 e. The molecular formula is C12H15Cl3O2Si. The fraction of sp³-hybridized carbons (Fsp3) is 0.500. The van der Waals surface area contributed by atoms with Crippen molar-refractivity contribution in [1.29, 1.82) is 0 Å². The van der Waals surface area contributed by atoms with Gasteiger partial charge in [-0.2, -0.15) is 0 Å². The van der Waals surface area contributed by atoms with Gasteiger partial charge >= 0.3 is 6.00 Å². The third-order valence-corrected chi connectivity index (χ3v) is 5.88. The van der Waals surface area contributed by atoms with Gasteiger partial charge in [0.15, 0.2) is 0 Å². The number of ether oxygens (including phenoxy) is 2. The Morgan fingerprint density at radius 1 is 1.33 bits per heavy atom. The van der Waals surface area contributed by atoms with Crippen LogP contribution in [-0.4, -0.2) is 11.8 Å². The minimum Gasteiger partial charge on any atom is -0.462 e. The van der Waals surface area contributed by atoms with Crippen molar-refractivity contribution in [3.63, 3.8) is 0 Å². The van der Waals surface area contributed by atoms with Crippen LogP contribution in [-0.2, 0) is 11.3 Å². The molecule has 1 aliphatic rings. The third-order valence-electron chi connectivity index (χ3n) is 2.95. The van der Waals surface area contributed by atoms with Gasteiger partial charge < -0.3 is 9.47 Å². The Kier molecular flexibility index (Phi) is 4.19.